The molecule has 9 nitrogen and oxygen atoms in total. The van der Waals surface area contributed by atoms with Gasteiger partial charge in [-0.2, -0.15) is 5.10 Å². The molecule has 0 spiro atoms. The summed E-state index contributed by atoms with van der Waals surface area (Å²) in [6.07, 6.45) is 4.57. The predicted molar refractivity (Wildman–Crippen MR) is 127 cm³/mol. The summed E-state index contributed by atoms with van der Waals surface area (Å²) in [5.41, 5.74) is 4.39. The number of H-pyrrole nitrogens is 1. The molecular formula is C24H22N6O3. The summed E-state index contributed by atoms with van der Waals surface area (Å²) in [5, 5.41) is 13.1. The smallest absolute Gasteiger partial charge is 0.247 e. The van der Waals surface area contributed by atoms with Crippen molar-refractivity contribution in [3.05, 3.63) is 73.6 Å². The zero-order chi connectivity index (χ0) is 23.2. The zero-order valence-electron chi connectivity index (χ0n) is 18.1. The van der Waals surface area contributed by atoms with Crippen molar-refractivity contribution in [2.75, 3.05) is 24.9 Å². The van der Waals surface area contributed by atoms with Gasteiger partial charge >= 0.3 is 0 Å². The number of carbonyl (C=O) groups is 1. The second-order valence-electron chi connectivity index (χ2n) is 6.89. The number of amides is 1. The number of methoxy groups -OCH3 is 2. The Balaban J connectivity index is 1.65. The van der Waals surface area contributed by atoms with Crippen LogP contribution < -0.4 is 20.1 Å². The lowest BCUT2D eigenvalue weighted by molar-refractivity contribution is -0.111. The number of ether oxygens (including phenoxy) is 2. The van der Waals surface area contributed by atoms with Gasteiger partial charge in [-0.1, -0.05) is 18.7 Å². The number of anilines is 3. The van der Waals surface area contributed by atoms with E-state index in [9.17, 15) is 4.79 Å². The van der Waals surface area contributed by atoms with Crippen LogP contribution in [0.25, 0.3) is 22.5 Å². The van der Waals surface area contributed by atoms with E-state index >= 15 is 0 Å². The summed E-state index contributed by atoms with van der Waals surface area (Å²) in [7, 11) is 3.19. The van der Waals surface area contributed by atoms with Crippen molar-refractivity contribution in [2.45, 2.75) is 0 Å². The molecule has 0 aliphatic carbocycles. The Morgan fingerprint density at radius 2 is 2.00 bits per heavy atom. The van der Waals surface area contributed by atoms with Gasteiger partial charge < -0.3 is 20.1 Å². The summed E-state index contributed by atoms with van der Waals surface area (Å²) in [6, 6.07) is 14.7. The van der Waals surface area contributed by atoms with E-state index in [2.05, 4.69) is 37.4 Å². The lowest BCUT2D eigenvalue weighted by Gasteiger charge is -2.13. The van der Waals surface area contributed by atoms with Crippen LogP contribution in [0.5, 0.6) is 11.5 Å². The highest BCUT2D eigenvalue weighted by Crippen LogP contribution is 2.33. The van der Waals surface area contributed by atoms with Gasteiger partial charge in [-0.15, -0.1) is 0 Å². The standard InChI is InChI=1S/C24H22N6O3/c1-4-22(31)27-16-8-9-21(33-3)20(13-16)29-24-25-11-10-19(28-24)18-14-26-30-23(18)15-6-5-7-17(12-15)32-2/h4-14H,1H2,2-3H3,(H,26,30)(H,27,31)(H,25,28,29). The molecule has 0 saturated heterocycles. The lowest BCUT2D eigenvalue weighted by Crippen LogP contribution is -2.08. The molecule has 9 heteroatoms. The maximum Gasteiger partial charge on any atom is 0.247 e. The molecule has 0 bridgehead atoms. The predicted octanol–water partition coefficient (Wildman–Crippen LogP) is 4.42. The minimum absolute atomic E-state index is 0.311. The second kappa shape index (κ2) is 9.65. The van der Waals surface area contributed by atoms with Gasteiger partial charge in [0.15, 0.2) is 0 Å². The molecule has 0 unspecified atom stereocenters. The molecule has 166 valence electrons. The molecule has 0 aliphatic rings. The summed E-state index contributed by atoms with van der Waals surface area (Å²) < 4.78 is 10.8. The first-order valence-electron chi connectivity index (χ1n) is 10.0. The Morgan fingerprint density at radius 1 is 1.12 bits per heavy atom. The Bertz CT molecular complexity index is 1300. The number of hydrogen-bond donors (Lipinski definition) is 3. The van der Waals surface area contributed by atoms with Crippen LogP contribution >= 0.6 is 0 Å². The fraction of sp³-hybridized carbons (Fsp3) is 0.0833. The maximum absolute atomic E-state index is 11.6. The second-order valence-corrected chi connectivity index (χ2v) is 6.89. The third kappa shape index (κ3) is 4.82. The van der Waals surface area contributed by atoms with Crippen molar-refractivity contribution in [2.24, 2.45) is 0 Å². The molecule has 3 N–H and O–H groups in total. The maximum atomic E-state index is 11.6. The van der Waals surface area contributed by atoms with Crippen LogP contribution in [0.2, 0.25) is 0 Å². The first-order chi connectivity index (χ1) is 16.1. The van der Waals surface area contributed by atoms with E-state index in [1.165, 1.54) is 6.08 Å². The first kappa shape index (κ1) is 21.6. The third-order valence-corrected chi connectivity index (χ3v) is 4.83. The summed E-state index contributed by atoms with van der Waals surface area (Å²) in [5.74, 6) is 1.36. The third-order valence-electron chi connectivity index (χ3n) is 4.83. The van der Waals surface area contributed by atoms with Crippen LogP contribution in [0.4, 0.5) is 17.3 Å². The van der Waals surface area contributed by atoms with Crippen molar-refractivity contribution >= 4 is 23.2 Å². The SMILES string of the molecule is C=CC(=O)Nc1ccc(OC)c(Nc2nccc(-c3cn[nH]c3-c3cccc(OC)c3)n2)c1. The van der Waals surface area contributed by atoms with Crippen molar-refractivity contribution in [1.29, 1.82) is 0 Å². The van der Waals surface area contributed by atoms with Crippen LogP contribution in [-0.2, 0) is 4.79 Å². The summed E-state index contributed by atoms with van der Waals surface area (Å²) in [6.45, 7) is 3.47. The Kier molecular flexibility index (Phi) is 6.31. The van der Waals surface area contributed by atoms with E-state index in [0.717, 1.165) is 22.6 Å². The average molecular weight is 442 g/mol. The molecule has 2 aromatic heterocycles. The van der Waals surface area contributed by atoms with Crippen molar-refractivity contribution in [3.8, 4) is 34.0 Å². The van der Waals surface area contributed by atoms with E-state index in [1.54, 1.807) is 50.9 Å². The van der Waals surface area contributed by atoms with Crippen LogP contribution in [-0.4, -0.2) is 40.3 Å². The molecule has 4 rings (SSSR count). The van der Waals surface area contributed by atoms with Crippen LogP contribution in [0.15, 0.2) is 73.6 Å². The number of benzene rings is 2. The Labute approximate surface area is 190 Å². The highest BCUT2D eigenvalue weighted by molar-refractivity contribution is 5.99. The highest BCUT2D eigenvalue weighted by atomic mass is 16.5. The molecule has 0 fully saturated rings. The van der Waals surface area contributed by atoms with E-state index in [0.29, 0.717) is 28.8 Å². The minimum Gasteiger partial charge on any atom is -0.497 e. The van der Waals surface area contributed by atoms with Gasteiger partial charge in [-0.05, 0) is 42.5 Å². The number of aromatic amines is 1. The molecule has 1 amide bonds. The summed E-state index contributed by atoms with van der Waals surface area (Å²) in [4.78, 5) is 20.6. The molecule has 2 aromatic carbocycles. The van der Waals surface area contributed by atoms with Gasteiger partial charge in [0.05, 0.1) is 37.5 Å². The fourth-order valence-corrected chi connectivity index (χ4v) is 3.25. The molecule has 0 atom stereocenters. The number of nitrogens with zero attached hydrogens (tertiary/aromatic N) is 3. The number of nitrogens with one attached hydrogen (secondary N) is 3. The minimum atomic E-state index is -0.311. The molecule has 0 radical (unpaired) electrons. The molecule has 4 aromatic rings. The van der Waals surface area contributed by atoms with Gasteiger partial charge in [-0.25, -0.2) is 9.97 Å². The van der Waals surface area contributed by atoms with E-state index in [1.807, 2.05) is 24.3 Å². The molecule has 0 aliphatic heterocycles. The topological polar surface area (TPSA) is 114 Å². The lowest BCUT2D eigenvalue weighted by atomic mass is 10.1. The monoisotopic (exact) mass is 442 g/mol. The van der Waals surface area contributed by atoms with Crippen molar-refractivity contribution < 1.29 is 14.3 Å². The largest absolute Gasteiger partial charge is 0.497 e. The molecule has 0 saturated carbocycles. The number of aromatic nitrogens is 4. The zero-order valence-corrected chi connectivity index (χ0v) is 18.1. The van der Waals surface area contributed by atoms with Gasteiger partial charge in [0, 0.05) is 23.0 Å². The van der Waals surface area contributed by atoms with Crippen molar-refractivity contribution in [3.63, 3.8) is 0 Å². The van der Waals surface area contributed by atoms with Crippen LogP contribution in [0, 0.1) is 0 Å². The fourth-order valence-electron chi connectivity index (χ4n) is 3.25. The van der Waals surface area contributed by atoms with Gasteiger partial charge in [-0.3, -0.25) is 9.89 Å². The van der Waals surface area contributed by atoms with Gasteiger partial charge in [0.25, 0.3) is 0 Å². The summed E-state index contributed by atoms with van der Waals surface area (Å²) >= 11 is 0. The Hall–Kier alpha value is -4.66. The normalized spacial score (nSPS) is 10.4. The molecule has 33 heavy (non-hydrogen) atoms. The highest BCUT2D eigenvalue weighted by Gasteiger charge is 2.14. The number of carbonyl (C=O) groups excluding carboxylic acids is 1. The molecule has 2 heterocycles. The van der Waals surface area contributed by atoms with Crippen molar-refractivity contribution in [1.82, 2.24) is 20.2 Å². The van der Waals surface area contributed by atoms with E-state index in [4.69, 9.17) is 9.47 Å². The quantitative estimate of drug-likeness (QED) is 0.346. The van der Waals surface area contributed by atoms with E-state index < -0.39 is 0 Å². The average Bonchev–Trinajstić information content (AvgIpc) is 3.34. The van der Waals surface area contributed by atoms with Gasteiger partial charge in [0.2, 0.25) is 11.9 Å². The number of hydrogen-bond acceptors (Lipinski definition) is 7. The number of rotatable bonds is 8. The Morgan fingerprint density at radius 3 is 2.79 bits per heavy atom. The van der Waals surface area contributed by atoms with Crippen LogP contribution in [0.1, 0.15) is 0 Å². The first-order valence-corrected chi connectivity index (χ1v) is 10.0. The van der Waals surface area contributed by atoms with Crippen LogP contribution in [0.3, 0.4) is 0 Å². The molecular weight excluding hydrogens is 420 g/mol. The van der Waals surface area contributed by atoms with Gasteiger partial charge in [0.1, 0.15) is 11.5 Å². The van der Waals surface area contributed by atoms with E-state index in [-0.39, 0.29) is 5.91 Å².